The first-order valence-electron chi connectivity index (χ1n) is 5.46. The smallest absolute Gasteiger partial charge is 0.0409 e. The Morgan fingerprint density at radius 3 is 2.73 bits per heavy atom. The van der Waals surface area contributed by atoms with Gasteiger partial charge < -0.3 is 5.73 Å². The van der Waals surface area contributed by atoms with E-state index in [1.165, 1.54) is 18.7 Å². The molecule has 0 spiro atoms. The van der Waals surface area contributed by atoms with Gasteiger partial charge in [-0.15, -0.1) is 0 Å². The molecule has 1 aliphatic heterocycles. The van der Waals surface area contributed by atoms with Crippen molar-refractivity contribution in [1.82, 2.24) is 4.90 Å². The van der Waals surface area contributed by atoms with Crippen LogP contribution in [0.1, 0.15) is 5.56 Å². The SMILES string of the molecule is NC1C2CN(Cc3cccc(Cl)c3)CC12. The van der Waals surface area contributed by atoms with Gasteiger partial charge in [0.25, 0.3) is 0 Å². The molecule has 3 heteroatoms. The Labute approximate surface area is 95.0 Å². The fraction of sp³-hybridized carbons (Fsp3) is 0.500. The van der Waals surface area contributed by atoms with Gasteiger partial charge in [0.05, 0.1) is 0 Å². The zero-order valence-electron chi connectivity index (χ0n) is 8.57. The normalized spacial score (nSPS) is 34.1. The summed E-state index contributed by atoms with van der Waals surface area (Å²) in [6, 6.07) is 8.60. The number of fused-ring (bicyclic) bond motifs is 1. The topological polar surface area (TPSA) is 29.3 Å². The van der Waals surface area contributed by atoms with Gasteiger partial charge in [-0.1, -0.05) is 23.7 Å². The minimum atomic E-state index is 0.487. The molecule has 80 valence electrons. The molecule has 1 saturated carbocycles. The fourth-order valence-corrected chi connectivity index (χ4v) is 2.90. The van der Waals surface area contributed by atoms with E-state index in [2.05, 4.69) is 11.0 Å². The minimum Gasteiger partial charge on any atom is -0.327 e. The number of likely N-dealkylation sites (tertiary alicyclic amines) is 1. The summed E-state index contributed by atoms with van der Waals surface area (Å²) in [5.74, 6) is 1.54. The van der Waals surface area contributed by atoms with E-state index in [1.807, 2.05) is 18.2 Å². The lowest BCUT2D eigenvalue weighted by Crippen LogP contribution is -2.27. The van der Waals surface area contributed by atoms with Crippen LogP contribution in [0.3, 0.4) is 0 Å². The Bertz CT molecular complexity index is 368. The third kappa shape index (κ3) is 1.78. The maximum atomic E-state index is 5.95. The molecule has 2 atom stereocenters. The highest BCUT2D eigenvalue weighted by molar-refractivity contribution is 6.30. The van der Waals surface area contributed by atoms with Gasteiger partial charge >= 0.3 is 0 Å². The summed E-state index contributed by atoms with van der Waals surface area (Å²) in [6.07, 6.45) is 0. The molecule has 1 heterocycles. The molecular weight excluding hydrogens is 208 g/mol. The Morgan fingerprint density at radius 2 is 2.07 bits per heavy atom. The summed E-state index contributed by atoms with van der Waals surface area (Å²) >= 11 is 5.95. The van der Waals surface area contributed by atoms with Gasteiger partial charge in [-0.25, -0.2) is 0 Å². The summed E-state index contributed by atoms with van der Waals surface area (Å²) in [7, 11) is 0. The van der Waals surface area contributed by atoms with E-state index in [9.17, 15) is 0 Å². The molecule has 2 unspecified atom stereocenters. The quantitative estimate of drug-likeness (QED) is 0.826. The zero-order valence-corrected chi connectivity index (χ0v) is 9.32. The van der Waals surface area contributed by atoms with Gasteiger partial charge in [0, 0.05) is 30.7 Å². The third-order valence-electron chi connectivity index (χ3n) is 3.63. The number of halogens is 1. The Kier molecular flexibility index (Phi) is 2.23. The Hall–Kier alpha value is -0.570. The van der Waals surface area contributed by atoms with Crippen molar-refractivity contribution in [1.29, 1.82) is 0 Å². The van der Waals surface area contributed by atoms with Crippen LogP contribution < -0.4 is 5.73 Å². The molecule has 2 N–H and O–H groups in total. The van der Waals surface area contributed by atoms with Crippen LogP contribution in [0.25, 0.3) is 0 Å². The summed E-state index contributed by atoms with van der Waals surface area (Å²) < 4.78 is 0. The molecule has 2 nitrogen and oxygen atoms in total. The predicted molar refractivity (Wildman–Crippen MR) is 61.7 cm³/mol. The number of hydrogen-bond acceptors (Lipinski definition) is 2. The van der Waals surface area contributed by atoms with E-state index in [0.717, 1.165) is 23.4 Å². The first kappa shape index (κ1) is 9.64. The molecule has 2 fully saturated rings. The number of rotatable bonds is 2. The second-order valence-corrected chi connectivity index (χ2v) is 5.17. The molecule has 1 saturated heterocycles. The van der Waals surface area contributed by atoms with Crippen molar-refractivity contribution >= 4 is 11.6 Å². The van der Waals surface area contributed by atoms with Crippen LogP contribution in [0.4, 0.5) is 0 Å². The highest BCUT2D eigenvalue weighted by Crippen LogP contribution is 2.44. The molecular formula is C12H15ClN2. The zero-order chi connectivity index (χ0) is 10.4. The van der Waals surface area contributed by atoms with Gasteiger partial charge in [-0.05, 0) is 29.5 Å². The Balaban J connectivity index is 1.63. The average molecular weight is 223 g/mol. The van der Waals surface area contributed by atoms with Crippen LogP contribution in [0.2, 0.25) is 5.02 Å². The summed E-state index contributed by atoms with van der Waals surface area (Å²) in [4.78, 5) is 2.48. The van der Waals surface area contributed by atoms with E-state index in [0.29, 0.717) is 6.04 Å². The monoisotopic (exact) mass is 222 g/mol. The molecule has 15 heavy (non-hydrogen) atoms. The highest BCUT2D eigenvalue weighted by atomic mass is 35.5. The van der Waals surface area contributed by atoms with Crippen LogP contribution >= 0.6 is 11.6 Å². The lowest BCUT2D eigenvalue weighted by Gasteiger charge is -2.18. The molecule has 1 aromatic rings. The van der Waals surface area contributed by atoms with Crippen LogP contribution in [0.15, 0.2) is 24.3 Å². The van der Waals surface area contributed by atoms with E-state index in [4.69, 9.17) is 17.3 Å². The lowest BCUT2D eigenvalue weighted by atomic mass is 10.2. The molecule has 0 aromatic heterocycles. The van der Waals surface area contributed by atoms with Crippen LogP contribution in [-0.2, 0) is 6.54 Å². The van der Waals surface area contributed by atoms with Crippen LogP contribution in [-0.4, -0.2) is 24.0 Å². The minimum absolute atomic E-state index is 0.487. The summed E-state index contributed by atoms with van der Waals surface area (Å²) in [6.45, 7) is 3.34. The molecule has 2 aliphatic rings. The van der Waals surface area contributed by atoms with Crippen molar-refractivity contribution in [2.75, 3.05) is 13.1 Å². The van der Waals surface area contributed by atoms with E-state index < -0.39 is 0 Å². The predicted octanol–water partition coefficient (Wildman–Crippen LogP) is 1.73. The number of benzene rings is 1. The number of nitrogens with zero attached hydrogens (tertiary/aromatic N) is 1. The Morgan fingerprint density at radius 1 is 1.33 bits per heavy atom. The van der Waals surface area contributed by atoms with E-state index in [-0.39, 0.29) is 0 Å². The molecule has 1 aliphatic carbocycles. The molecule has 3 rings (SSSR count). The van der Waals surface area contributed by atoms with Crippen molar-refractivity contribution in [3.63, 3.8) is 0 Å². The van der Waals surface area contributed by atoms with Gasteiger partial charge in [-0.3, -0.25) is 4.90 Å². The second kappa shape index (κ2) is 3.48. The highest BCUT2D eigenvalue weighted by Gasteiger charge is 2.53. The van der Waals surface area contributed by atoms with Gasteiger partial charge in [0.15, 0.2) is 0 Å². The number of hydrogen-bond donors (Lipinski definition) is 1. The maximum Gasteiger partial charge on any atom is 0.0409 e. The fourth-order valence-electron chi connectivity index (χ4n) is 2.68. The van der Waals surface area contributed by atoms with E-state index >= 15 is 0 Å². The summed E-state index contributed by atoms with van der Waals surface area (Å²) in [5, 5.41) is 0.827. The largest absolute Gasteiger partial charge is 0.327 e. The molecule has 1 aromatic carbocycles. The third-order valence-corrected chi connectivity index (χ3v) is 3.87. The first-order valence-corrected chi connectivity index (χ1v) is 5.84. The van der Waals surface area contributed by atoms with Crippen molar-refractivity contribution < 1.29 is 0 Å². The summed E-state index contributed by atoms with van der Waals surface area (Å²) in [5.41, 5.74) is 7.21. The van der Waals surface area contributed by atoms with Gasteiger partial charge in [0.1, 0.15) is 0 Å². The van der Waals surface area contributed by atoms with Crippen molar-refractivity contribution in [3.8, 4) is 0 Å². The van der Waals surface area contributed by atoms with Crippen molar-refractivity contribution in [2.45, 2.75) is 12.6 Å². The van der Waals surface area contributed by atoms with E-state index in [1.54, 1.807) is 0 Å². The van der Waals surface area contributed by atoms with Crippen molar-refractivity contribution in [2.24, 2.45) is 17.6 Å². The van der Waals surface area contributed by atoms with Gasteiger partial charge in [0.2, 0.25) is 0 Å². The number of nitrogens with two attached hydrogens (primary N) is 1. The molecule has 0 bridgehead atoms. The van der Waals surface area contributed by atoms with Crippen LogP contribution in [0.5, 0.6) is 0 Å². The molecule has 0 radical (unpaired) electrons. The molecule has 0 amide bonds. The average Bonchev–Trinajstić information content (AvgIpc) is 2.63. The van der Waals surface area contributed by atoms with Gasteiger partial charge in [-0.2, -0.15) is 0 Å². The maximum absolute atomic E-state index is 5.95. The lowest BCUT2D eigenvalue weighted by molar-refractivity contribution is 0.290. The first-order chi connectivity index (χ1) is 7.24. The number of piperidine rings is 1. The van der Waals surface area contributed by atoms with Crippen LogP contribution in [0, 0.1) is 11.8 Å². The van der Waals surface area contributed by atoms with Crippen molar-refractivity contribution in [3.05, 3.63) is 34.9 Å². The standard InChI is InChI=1S/C12H15ClN2/c13-9-3-1-2-8(4-9)5-15-6-10-11(7-15)12(10)14/h1-4,10-12H,5-7,14H2. The second-order valence-electron chi connectivity index (χ2n) is 4.73.